The number of aromatic hydroxyl groups is 1. The maximum atomic E-state index is 13.2. The molecule has 1 unspecified atom stereocenters. The highest BCUT2D eigenvalue weighted by Crippen LogP contribution is 2.37. The average molecular weight is 425 g/mol. The first-order valence-electron chi connectivity index (χ1n) is 10.0. The quantitative estimate of drug-likeness (QED) is 0.488. The van der Waals surface area contributed by atoms with E-state index in [-0.39, 0.29) is 5.75 Å². The number of hydrazone groups is 1. The second-order valence-electron chi connectivity index (χ2n) is 7.28. The minimum atomic E-state index is -0.445. The van der Waals surface area contributed by atoms with Crippen molar-refractivity contribution in [3.8, 4) is 17.1 Å². The van der Waals surface area contributed by atoms with Crippen LogP contribution < -0.4 is 5.32 Å². The van der Waals surface area contributed by atoms with E-state index in [2.05, 4.69) is 20.4 Å². The summed E-state index contributed by atoms with van der Waals surface area (Å²) in [5.74, 6) is 0.766. The number of rotatable bonds is 4. The molecule has 5 rings (SSSR count). The van der Waals surface area contributed by atoms with Crippen LogP contribution in [0.4, 0.5) is 10.5 Å². The van der Waals surface area contributed by atoms with Crippen LogP contribution in [0, 0.1) is 0 Å². The Labute approximate surface area is 183 Å². The number of para-hydroxylation sites is 1. The van der Waals surface area contributed by atoms with Gasteiger partial charge in [0.1, 0.15) is 5.75 Å². The van der Waals surface area contributed by atoms with Crippen molar-refractivity contribution in [3.05, 3.63) is 96.8 Å². The second kappa shape index (κ2) is 8.35. The number of anilines is 1. The Morgan fingerprint density at radius 2 is 1.84 bits per heavy atom. The molecule has 0 fully saturated rings. The molecule has 0 radical (unpaired) electrons. The van der Waals surface area contributed by atoms with Gasteiger partial charge in [0.25, 0.3) is 0 Å². The first-order chi connectivity index (χ1) is 15.7. The zero-order valence-electron chi connectivity index (χ0n) is 16.9. The van der Waals surface area contributed by atoms with Crippen LogP contribution in [-0.4, -0.2) is 31.8 Å². The van der Waals surface area contributed by atoms with Gasteiger partial charge in [0.15, 0.2) is 12.2 Å². The number of phenols is 1. The SMILES string of the molecule is O=C(Nc1ccc(-c2cnco2)cc1)N1N=C(c2cccnc2)CC1c1ccccc1O. The molecule has 2 amide bonds. The van der Waals surface area contributed by atoms with Crippen molar-refractivity contribution in [2.75, 3.05) is 5.32 Å². The fourth-order valence-corrected chi connectivity index (χ4v) is 3.67. The van der Waals surface area contributed by atoms with E-state index in [1.54, 1.807) is 48.9 Å². The van der Waals surface area contributed by atoms with Gasteiger partial charge in [-0.3, -0.25) is 4.98 Å². The van der Waals surface area contributed by atoms with Crippen molar-refractivity contribution in [2.45, 2.75) is 12.5 Å². The van der Waals surface area contributed by atoms with E-state index in [0.717, 1.165) is 16.8 Å². The molecule has 4 aromatic rings. The van der Waals surface area contributed by atoms with Gasteiger partial charge >= 0.3 is 6.03 Å². The van der Waals surface area contributed by atoms with Gasteiger partial charge in [-0.2, -0.15) is 5.10 Å². The van der Waals surface area contributed by atoms with Crippen molar-refractivity contribution in [1.29, 1.82) is 0 Å². The van der Waals surface area contributed by atoms with E-state index in [9.17, 15) is 9.90 Å². The summed E-state index contributed by atoms with van der Waals surface area (Å²) in [6.45, 7) is 0. The maximum absolute atomic E-state index is 13.2. The highest BCUT2D eigenvalue weighted by Gasteiger charge is 2.34. The Morgan fingerprint density at radius 1 is 1.00 bits per heavy atom. The summed E-state index contributed by atoms with van der Waals surface area (Å²) in [6.07, 6.45) is 6.86. The lowest BCUT2D eigenvalue weighted by molar-refractivity contribution is 0.199. The van der Waals surface area contributed by atoms with Crippen molar-refractivity contribution < 1.29 is 14.3 Å². The van der Waals surface area contributed by atoms with Gasteiger partial charge in [-0.05, 0) is 36.4 Å². The monoisotopic (exact) mass is 425 g/mol. The fourth-order valence-electron chi connectivity index (χ4n) is 3.67. The molecule has 8 nitrogen and oxygen atoms in total. The molecular weight excluding hydrogens is 406 g/mol. The van der Waals surface area contributed by atoms with Gasteiger partial charge in [-0.25, -0.2) is 14.8 Å². The van der Waals surface area contributed by atoms with Gasteiger partial charge in [-0.15, -0.1) is 0 Å². The molecule has 2 N–H and O–H groups in total. The molecule has 0 spiro atoms. The van der Waals surface area contributed by atoms with Crippen LogP contribution in [0.5, 0.6) is 5.75 Å². The number of aromatic nitrogens is 2. The number of benzene rings is 2. The first kappa shape index (κ1) is 19.5. The van der Waals surface area contributed by atoms with Gasteiger partial charge in [0, 0.05) is 41.2 Å². The number of phenolic OH excluding ortho intramolecular Hbond substituents is 1. The summed E-state index contributed by atoms with van der Waals surface area (Å²) >= 11 is 0. The molecule has 158 valence electrons. The van der Waals surface area contributed by atoms with Crippen LogP contribution in [0.15, 0.2) is 95.2 Å². The van der Waals surface area contributed by atoms with Crippen LogP contribution in [-0.2, 0) is 0 Å². The molecule has 1 atom stereocenters. The summed E-state index contributed by atoms with van der Waals surface area (Å²) in [6, 6.07) is 17.1. The number of carbonyl (C=O) groups is 1. The molecule has 0 bridgehead atoms. The van der Waals surface area contributed by atoms with Gasteiger partial charge in [0.05, 0.1) is 18.0 Å². The molecule has 1 aliphatic rings. The number of nitrogens with one attached hydrogen (secondary N) is 1. The van der Waals surface area contributed by atoms with E-state index < -0.39 is 12.1 Å². The average Bonchev–Trinajstić information content (AvgIpc) is 3.51. The zero-order valence-corrected chi connectivity index (χ0v) is 16.9. The summed E-state index contributed by atoms with van der Waals surface area (Å²) in [4.78, 5) is 21.2. The van der Waals surface area contributed by atoms with E-state index in [1.807, 2.05) is 30.3 Å². The minimum Gasteiger partial charge on any atom is -0.508 e. The van der Waals surface area contributed by atoms with Crippen LogP contribution in [0.25, 0.3) is 11.3 Å². The second-order valence-corrected chi connectivity index (χ2v) is 7.28. The van der Waals surface area contributed by atoms with E-state index in [0.29, 0.717) is 23.4 Å². The zero-order chi connectivity index (χ0) is 21.9. The Balaban J connectivity index is 1.42. The third kappa shape index (κ3) is 3.81. The van der Waals surface area contributed by atoms with E-state index >= 15 is 0 Å². The molecule has 3 heterocycles. The number of hydrogen-bond donors (Lipinski definition) is 2. The lowest BCUT2D eigenvalue weighted by atomic mass is 9.98. The van der Waals surface area contributed by atoms with Crippen LogP contribution in [0.1, 0.15) is 23.6 Å². The molecule has 2 aromatic carbocycles. The summed E-state index contributed by atoms with van der Waals surface area (Å²) in [5, 5.41) is 19.2. The molecule has 2 aromatic heterocycles. The largest absolute Gasteiger partial charge is 0.508 e. The van der Waals surface area contributed by atoms with E-state index in [4.69, 9.17) is 4.42 Å². The van der Waals surface area contributed by atoms with Crippen LogP contribution in [0.3, 0.4) is 0 Å². The summed E-state index contributed by atoms with van der Waals surface area (Å²) in [5.41, 5.74) is 3.65. The first-order valence-corrected chi connectivity index (χ1v) is 10.0. The molecule has 1 aliphatic heterocycles. The highest BCUT2D eigenvalue weighted by atomic mass is 16.3. The lowest BCUT2D eigenvalue weighted by Gasteiger charge is -2.23. The number of nitrogens with zero attached hydrogens (tertiary/aromatic N) is 4. The smallest absolute Gasteiger partial charge is 0.342 e. The topological polar surface area (TPSA) is 104 Å². The molecule has 0 saturated carbocycles. The standard InChI is InChI=1S/C24H19N5O3/c30-22-6-2-1-5-19(22)21-12-20(17-4-3-11-25-13-17)28-29(21)24(31)27-18-9-7-16(8-10-18)23-14-26-15-32-23/h1-11,13-15,21,30H,12H2,(H,27,31). The lowest BCUT2D eigenvalue weighted by Crippen LogP contribution is -2.31. The van der Waals surface area contributed by atoms with Crippen molar-refractivity contribution in [2.24, 2.45) is 5.10 Å². The molecular formula is C24H19N5O3. The van der Waals surface area contributed by atoms with Crippen molar-refractivity contribution in [3.63, 3.8) is 0 Å². The summed E-state index contributed by atoms with van der Waals surface area (Å²) < 4.78 is 5.30. The Kier molecular flexibility index (Phi) is 5.09. The number of amides is 2. The number of pyridine rings is 1. The predicted octanol–water partition coefficient (Wildman–Crippen LogP) is 4.83. The maximum Gasteiger partial charge on any atom is 0.342 e. The summed E-state index contributed by atoms with van der Waals surface area (Å²) in [7, 11) is 0. The molecule has 0 saturated heterocycles. The fraction of sp³-hybridized carbons (Fsp3) is 0.0833. The predicted molar refractivity (Wildman–Crippen MR) is 119 cm³/mol. The molecule has 0 aliphatic carbocycles. The van der Waals surface area contributed by atoms with Crippen molar-refractivity contribution >= 4 is 17.4 Å². The van der Waals surface area contributed by atoms with Crippen LogP contribution >= 0.6 is 0 Å². The van der Waals surface area contributed by atoms with Gasteiger partial charge in [0.2, 0.25) is 0 Å². The highest BCUT2D eigenvalue weighted by molar-refractivity contribution is 6.04. The number of urea groups is 1. The minimum absolute atomic E-state index is 0.120. The number of hydrogen-bond acceptors (Lipinski definition) is 6. The van der Waals surface area contributed by atoms with Crippen molar-refractivity contribution in [1.82, 2.24) is 15.0 Å². The number of oxazole rings is 1. The Morgan fingerprint density at radius 3 is 2.56 bits per heavy atom. The Bertz CT molecular complexity index is 1250. The molecule has 8 heteroatoms. The van der Waals surface area contributed by atoms with Gasteiger partial charge < -0.3 is 14.8 Å². The normalized spacial score (nSPS) is 15.4. The molecule has 32 heavy (non-hydrogen) atoms. The third-order valence-corrected chi connectivity index (χ3v) is 5.26. The number of carbonyl (C=O) groups excluding carboxylic acids is 1. The van der Waals surface area contributed by atoms with Gasteiger partial charge in [-0.1, -0.05) is 24.3 Å². The van der Waals surface area contributed by atoms with Crippen LogP contribution in [0.2, 0.25) is 0 Å². The Hall–Kier alpha value is -4.46. The third-order valence-electron chi connectivity index (χ3n) is 5.26. The van der Waals surface area contributed by atoms with E-state index in [1.165, 1.54) is 11.4 Å².